The second kappa shape index (κ2) is 11.4. The van der Waals surface area contributed by atoms with Crippen molar-refractivity contribution < 1.29 is 29.0 Å². The summed E-state index contributed by atoms with van der Waals surface area (Å²) in [6.07, 6.45) is 0.585. The highest BCUT2D eigenvalue weighted by Crippen LogP contribution is 2.44. The van der Waals surface area contributed by atoms with Crippen molar-refractivity contribution in [2.24, 2.45) is 11.8 Å². The van der Waals surface area contributed by atoms with Crippen LogP contribution in [0.4, 0.5) is 4.79 Å². The summed E-state index contributed by atoms with van der Waals surface area (Å²) in [6, 6.07) is 16.3. The van der Waals surface area contributed by atoms with Gasteiger partial charge in [-0.3, -0.25) is 9.59 Å². The summed E-state index contributed by atoms with van der Waals surface area (Å²) >= 11 is 0. The molecule has 186 valence electrons. The number of carboxylic acids is 1. The van der Waals surface area contributed by atoms with E-state index in [4.69, 9.17) is 14.6 Å². The van der Waals surface area contributed by atoms with Crippen molar-refractivity contribution in [2.45, 2.75) is 38.2 Å². The molecule has 1 aliphatic carbocycles. The van der Waals surface area contributed by atoms with Crippen LogP contribution < -0.4 is 10.6 Å². The Labute approximate surface area is 205 Å². The molecule has 2 amide bonds. The van der Waals surface area contributed by atoms with Gasteiger partial charge in [-0.15, -0.1) is 0 Å². The van der Waals surface area contributed by atoms with Gasteiger partial charge in [-0.2, -0.15) is 0 Å². The van der Waals surface area contributed by atoms with Crippen LogP contribution in [0.15, 0.2) is 48.5 Å². The van der Waals surface area contributed by atoms with E-state index < -0.39 is 24.1 Å². The number of hydrogen-bond donors (Lipinski definition) is 3. The molecule has 3 N–H and O–H groups in total. The Morgan fingerprint density at radius 2 is 1.71 bits per heavy atom. The first-order chi connectivity index (χ1) is 17.0. The lowest BCUT2D eigenvalue weighted by Crippen LogP contribution is -2.42. The van der Waals surface area contributed by atoms with Gasteiger partial charge in [-0.25, -0.2) is 4.79 Å². The molecule has 1 fully saturated rings. The van der Waals surface area contributed by atoms with Gasteiger partial charge in [0.1, 0.15) is 12.7 Å². The number of aliphatic carboxylic acids is 1. The fraction of sp³-hybridized carbons (Fsp3) is 0.444. The average Bonchev–Trinajstić information content (AvgIpc) is 3.46. The quantitative estimate of drug-likeness (QED) is 0.448. The van der Waals surface area contributed by atoms with E-state index in [2.05, 4.69) is 34.9 Å². The van der Waals surface area contributed by atoms with Crippen LogP contribution in [0.2, 0.25) is 0 Å². The van der Waals surface area contributed by atoms with E-state index in [9.17, 15) is 14.4 Å². The predicted octanol–water partition coefficient (Wildman–Crippen LogP) is 3.55. The number of hydrogen-bond acceptors (Lipinski definition) is 5. The molecule has 0 bridgehead atoms. The molecule has 1 aliphatic heterocycles. The minimum Gasteiger partial charge on any atom is -0.481 e. The molecule has 1 unspecified atom stereocenters. The van der Waals surface area contributed by atoms with E-state index in [0.29, 0.717) is 32.4 Å². The molecule has 8 heteroatoms. The van der Waals surface area contributed by atoms with Crippen LogP contribution in [0.25, 0.3) is 11.1 Å². The molecule has 2 aromatic rings. The monoisotopic (exact) mass is 480 g/mol. The number of alkyl carbamates (subject to hydrolysis) is 1. The van der Waals surface area contributed by atoms with Gasteiger partial charge in [0.25, 0.3) is 0 Å². The Hall–Kier alpha value is -3.39. The van der Waals surface area contributed by atoms with Crippen LogP contribution in [0.5, 0.6) is 0 Å². The summed E-state index contributed by atoms with van der Waals surface area (Å²) < 4.78 is 11.2. The third-order valence-electron chi connectivity index (χ3n) is 6.86. The standard InChI is InChI=1S/C27H32N2O6/c1-17(26(31)32)7-6-13-28-25(30)24-18(12-14-34-24)15-29-27(33)35-16-23-21-10-4-2-8-19(21)20-9-3-5-11-22(20)23/h2-5,8-11,17-18,23-24H,6-7,12-16H2,1H3,(H,28,30)(H,29,33)(H,31,32)/t17?,18-,24-/m0/s1. The summed E-state index contributed by atoms with van der Waals surface area (Å²) in [4.78, 5) is 35.9. The van der Waals surface area contributed by atoms with Gasteiger partial charge in [0.05, 0.1) is 5.92 Å². The topological polar surface area (TPSA) is 114 Å². The second-order valence-corrected chi connectivity index (χ2v) is 9.22. The molecule has 35 heavy (non-hydrogen) atoms. The molecule has 0 aromatic heterocycles. The van der Waals surface area contributed by atoms with Crippen molar-refractivity contribution >= 4 is 18.0 Å². The molecule has 2 aliphatic rings. The van der Waals surface area contributed by atoms with E-state index >= 15 is 0 Å². The number of fused-ring (bicyclic) bond motifs is 3. The Balaban J connectivity index is 1.23. The normalized spacial score (nSPS) is 19.5. The van der Waals surface area contributed by atoms with Crippen molar-refractivity contribution in [2.75, 3.05) is 26.3 Å². The van der Waals surface area contributed by atoms with Gasteiger partial charge in [0, 0.05) is 31.5 Å². The fourth-order valence-corrected chi connectivity index (χ4v) is 4.84. The minimum absolute atomic E-state index is 0.00895. The molecule has 0 saturated carbocycles. The number of ether oxygens (including phenoxy) is 2. The van der Waals surface area contributed by atoms with Crippen molar-refractivity contribution in [1.29, 1.82) is 0 Å². The third-order valence-corrected chi connectivity index (χ3v) is 6.86. The zero-order valence-electron chi connectivity index (χ0n) is 19.9. The third kappa shape index (κ3) is 5.82. The second-order valence-electron chi connectivity index (χ2n) is 9.22. The fourth-order valence-electron chi connectivity index (χ4n) is 4.84. The van der Waals surface area contributed by atoms with Crippen LogP contribution in [0.3, 0.4) is 0 Å². The van der Waals surface area contributed by atoms with Crippen LogP contribution in [-0.2, 0) is 19.1 Å². The number of amides is 2. The smallest absolute Gasteiger partial charge is 0.407 e. The lowest BCUT2D eigenvalue weighted by atomic mass is 9.98. The summed E-state index contributed by atoms with van der Waals surface area (Å²) in [7, 11) is 0. The summed E-state index contributed by atoms with van der Waals surface area (Å²) in [6.45, 7) is 3.01. The molecule has 2 aromatic carbocycles. The summed E-state index contributed by atoms with van der Waals surface area (Å²) in [5, 5.41) is 14.5. The van der Waals surface area contributed by atoms with Gasteiger partial charge in [0.15, 0.2) is 0 Å². The average molecular weight is 481 g/mol. The highest BCUT2D eigenvalue weighted by Gasteiger charge is 2.34. The van der Waals surface area contributed by atoms with E-state index in [-0.39, 0.29) is 30.9 Å². The number of nitrogens with one attached hydrogen (secondary N) is 2. The van der Waals surface area contributed by atoms with E-state index in [0.717, 1.165) is 11.1 Å². The van der Waals surface area contributed by atoms with E-state index in [1.165, 1.54) is 11.1 Å². The first-order valence-electron chi connectivity index (χ1n) is 12.2. The zero-order chi connectivity index (χ0) is 24.8. The first kappa shape index (κ1) is 24.7. The molecule has 0 spiro atoms. The Morgan fingerprint density at radius 1 is 1.06 bits per heavy atom. The lowest BCUT2D eigenvalue weighted by Gasteiger charge is -2.19. The zero-order valence-corrected chi connectivity index (χ0v) is 19.9. The van der Waals surface area contributed by atoms with Gasteiger partial charge < -0.3 is 25.2 Å². The maximum Gasteiger partial charge on any atom is 0.407 e. The number of carbonyl (C=O) groups is 3. The van der Waals surface area contributed by atoms with Crippen molar-refractivity contribution in [3.8, 4) is 11.1 Å². The summed E-state index contributed by atoms with van der Waals surface area (Å²) in [5.41, 5.74) is 4.65. The van der Waals surface area contributed by atoms with Gasteiger partial charge in [-0.1, -0.05) is 55.5 Å². The van der Waals surface area contributed by atoms with Gasteiger partial charge in [0.2, 0.25) is 5.91 Å². The highest BCUT2D eigenvalue weighted by molar-refractivity contribution is 5.81. The number of carbonyl (C=O) groups excluding carboxylic acids is 2. The maximum absolute atomic E-state index is 12.5. The van der Waals surface area contributed by atoms with Gasteiger partial charge in [-0.05, 0) is 41.5 Å². The van der Waals surface area contributed by atoms with Crippen molar-refractivity contribution in [3.05, 3.63) is 59.7 Å². The van der Waals surface area contributed by atoms with Crippen molar-refractivity contribution in [3.63, 3.8) is 0 Å². The molecule has 3 atom stereocenters. The predicted molar refractivity (Wildman–Crippen MR) is 130 cm³/mol. The molecule has 1 heterocycles. The molecular formula is C27H32N2O6. The number of rotatable bonds is 10. The van der Waals surface area contributed by atoms with Crippen molar-refractivity contribution in [1.82, 2.24) is 10.6 Å². The van der Waals surface area contributed by atoms with E-state index in [1.54, 1.807) is 6.92 Å². The highest BCUT2D eigenvalue weighted by atomic mass is 16.5. The molecular weight excluding hydrogens is 448 g/mol. The summed E-state index contributed by atoms with van der Waals surface area (Å²) in [5.74, 6) is -1.66. The molecule has 8 nitrogen and oxygen atoms in total. The lowest BCUT2D eigenvalue weighted by molar-refractivity contribution is -0.141. The number of benzene rings is 2. The van der Waals surface area contributed by atoms with Crippen LogP contribution >= 0.6 is 0 Å². The largest absolute Gasteiger partial charge is 0.481 e. The van der Waals surface area contributed by atoms with E-state index in [1.807, 2.05) is 24.3 Å². The molecule has 4 rings (SSSR count). The Morgan fingerprint density at radius 3 is 2.37 bits per heavy atom. The molecule has 1 saturated heterocycles. The van der Waals surface area contributed by atoms with Crippen LogP contribution in [0, 0.1) is 11.8 Å². The van der Waals surface area contributed by atoms with Crippen LogP contribution in [-0.4, -0.2) is 55.5 Å². The minimum atomic E-state index is -0.838. The Kier molecular flexibility index (Phi) is 8.02. The molecule has 0 radical (unpaired) electrons. The van der Waals surface area contributed by atoms with Gasteiger partial charge >= 0.3 is 12.1 Å². The van der Waals surface area contributed by atoms with Crippen LogP contribution in [0.1, 0.15) is 43.2 Å². The Bertz CT molecular complexity index is 1030. The SMILES string of the molecule is CC(CCCNC(=O)[C@H]1OCC[C@H]1CNC(=O)OCC1c2ccccc2-c2ccccc21)C(=O)O. The maximum atomic E-state index is 12.5. The first-order valence-corrected chi connectivity index (χ1v) is 12.2. The number of carboxylic acid groups (broad SMARTS) is 1.